The number of alkyl halides is 1. The SMILES string of the molecule is CCCN(CCCl)C(=O)C1CCCCC1(C)C. The molecule has 1 amide bonds. The molecule has 1 unspecified atom stereocenters. The summed E-state index contributed by atoms with van der Waals surface area (Å²) in [7, 11) is 0. The van der Waals surface area contributed by atoms with E-state index in [1.54, 1.807) is 0 Å². The lowest BCUT2D eigenvalue weighted by Gasteiger charge is -2.40. The topological polar surface area (TPSA) is 20.3 Å². The number of carbonyl (C=O) groups excluding carboxylic acids is 1. The van der Waals surface area contributed by atoms with Crippen molar-refractivity contribution in [2.75, 3.05) is 19.0 Å². The van der Waals surface area contributed by atoms with E-state index in [4.69, 9.17) is 11.6 Å². The van der Waals surface area contributed by atoms with Crippen LogP contribution in [0.4, 0.5) is 0 Å². The van der Waals surface area contributed by atoms with Crippen LogP contribution in [-0.4, -0.2) is 29.8 Å². The fourth-order valence-corrected chi connectivity index (χ4v) is 3.08. The van der Waals surface area contributed by atoms with Crippen LogP contribution in [0, 0.1) is 11.3 Å². The zero-order valence-corrected chi connectivity index (χ0v) is 12.2. The van der Waals surface area contributed by atoms with Crippen molar-refractivity contribution in [2.45, 2.75) is 52.9 Å². The van der Waals surface area contributed by atoms with E-state index in [0.717, 1.165) is 19.4 Å². The maximum Gasteiger partial charge on any atom is 0.226 e. The van der Waals surface area contributed by atoms with Gasteiger partial charge in [0.15, 0.2) is 0 Å². The highest BCUT2D eigenvalue weighted by atomic mass is 35.5. The fourth-order valence-electron chi connectivity index (χ4n) is 2.88. The Balaban J connectivity index is 2.70. The number of hydrogen-bond donors (Lipinski definition) is 0. The second-order valence-corrected chi connectivity index (χ2v) is 6.18. The molecule has 3 heteroatoms. The fraction of sp³-hybridized carbons (Fsp3) is 0.929. The van der Waals surface area contributed by atoms with Gasteiger partial charge in [0.1, 0.15) is 0 Å². The highest BCUT2D eigenvalue weighted by Crippen LogP contribution is 2.41. The van der Waals surface area contributed by atoms with Crippen LogP contribution in [0.5, 0.6) is 0 Å². The van der Waals surface area contributed by atoms with E-state index in [-0.39, 0.29) is 11.3 Å². The Morgan fingerprint density at radius 1 is 1.35 bits per heavy atom. The summed E-state index contributed by atoms with van der Waals surface area (Å²) in [5.74, 6) is 1.07. The van der Waals surface area contributed by atoms with Gasteiger partial charge in [0.25, 0.3) is 0 Å². The van der Waals surface area contributed by atoms with Crippen molar-refractivity contribution in [3.8, 4) is 0 Å². The molecule has 1 atom stereocenters. The number of amides is 1. The summed E-state index contributed by atoms with van der Waals surface area (Å²) in [6.07, 6.45) is 5.69. The molecule has 17 heavy (non-hydrogen) atoms. The molecule has 0 saturated heterocycles. The number of nitrogens with zero attached hydrogens (tertiary/aromatic N) is 1. The van der Waals surface area contributed by atoms with Gasteiger partial charge in [0, 0.05) is 24.9 Å². The van der Waals surface area contributed by atoms with Crippen LogP contribution >= 0.6 is 11.6 Å². The Morgan fingerprint density at radius 2 is 2.06 bits per heavy atom. The quantitative estimate of drug-likeness (QED) is 0.690. The van der Waals surface area contributed by atoms with Crippen molar-refractivity contribution in [3.05, 3.63) is 0 Å². The average molecular weight is 260 g/mol. The summed E-state index contributed by atoms with van der Waals surface area (Å²) in [4.78, 5) is 14.5. The van der Waals surface area contributed by atoms with Crippen molar-refractivity contribution in [2.24, 2.45) is 11.3 Å². The Hall–Kier alpha value is -0.240. The first-order valence-electron chi connectivity index (χ1n) is 6.87. The van der Waals surface area contributed by atoms with Gasteiger partial charge in [-0.1, -0.05) is 33.6 Å². The molecule has 0 heterocycles. The van der Waals surface area contributed by atoms with Crippen LogP contribution in [0.1, 0.15) is 52.9 Å². The highest BCUT2D eigenvalue weighted by molar-refractivity contribution is 6.18. The van der Waals surface area contributed by atoms with Gasteiger partial charge in [0.05, 0.1) is 0 Å². The molecular weight excluding hydrogens is 234 g/mol. The van der Waals surface area contributed by atoms with Gasteiger partial charge < -0.3 is 4.90 Å². The van der Waals surface area contributed by atoms with Crippen molar-refractivity contribution in [1.82, 2.24) is 4.90 Å². The normalized spacial score (nSPS) is 23.4. The van der Waals surface area contributed by atoms with E-state index < -0.39 is 0 Å². The van der Waals surface area contributed by atoms with Crippen LogP contribution in [0.25, 0.3) is 0 Å². The number of carbonyl (C=O) groups is 1. The Bertz CT molecular complexity index is 247. The van der Waals surface area contributed by atoms with Gasteiger partial charge in [-0.15, -0.1) is 11.6 Å². The van der Waals surface area contributed by atoms with Crippen LogP contribution in [0.3, 0.4) is 0 Å². The maximum atomic E-state index is 12.6. The molecule has 1 aliphatic carbocycles. The Morgan fingerprint density at radius 3 is 2.59 bits per heavy atom. The summed E-state index contributed by atoms with van der Waals surface area (Å²) < 4.78 is 0. The molecule has 1 fully saturated rings. The minimum absolute atomic E-state index is 0.160. The minimum atomic E-state index is 0.160. The molecule has 0 bridgehead atoms. The number of halogens is 1. The standard InChI is InChI=1S/C14H26ClNO/c1-4-10-16(11-9-15)13(17)12-7-5-6-8-14(12,2)3/h12H,4-11H2,1-3H3. The first-order chi connectivity index (χ1) is 8.03. The molecular formula is C14H26ClNO. The molecule has 1 aliphatic rings. The largest absolute Gasteiger partial charge is 0.341 e. The maximum absolute atomic E-state index is 12.6. The lowest BCUT2D eigenvalue weighted by atomic mass is 9.68. The van der Waals surface area contributed by atoms with E-state index >= 15 is 0 Å². The zero-order valence-electron chi connectivity index (χ0n) is 11.5. The molecule has 100 valence electrons. The molecule has 0 aromatic rings. The summed E-state index contributed by atoms with van der Waals surface area (Å²) in [5, 5.41) is 0. The number of rotatable bonds is 5. The van der Waals surface area contributed by atoms with E-state index in [2.05, 4.69) is 20.8 Å². The van der Waals surface area contributed by atoms with Gasteiger partial charge in [0.2, 0.25) is 5.91 Å². The van der Waals surface area contributed by atoms with Crippen LogP contribution in [-0.2, 0) is 4.79 Å². The molecule has 1 rings (SSSR count). The van der Waals surface area contributed by atoms with E-state index in [1.165, 1.54) is 19.3 Å². The third-order valence-electron chi connectivity index (χ3n) is 3.96. The third-order valence-corrected chi connectivity index (χ3v) is 4.13. The molecule has 0 aromatic carbocycles. The summed E-state index contributed by atoms with van der Waals surface area (Å²) in [5.41, 5.74) is 0.160. The first-order valence-corrected chi connectivity index (χ1v) is 7.41. The van der Waals surface area contributed by atoms with Crippen LogP contribution in [0.15, 0.2) is 0 Å². The average Bonchev–Trinajstić information content (AvgIpc) is 2.27. The summed E-state index contributed by atoms with van der Waals surface area (Å²) >= 11 is 5.79. The lowest BCUT2D eigenvalue weighted by molar-refractivity contribution is -0.141. The van der Waals surface area contributed by atoms with Crippen molar-refractivity contribution in [3.63, 3.8) is 0 Å². The number of hydrogen-bond acceptors (Lipinski definition) is 1. The van der Waals surface area contributed by atoms with Gasteiger partial charge in [-0.05, 0) is 24.7 Å². The first kappa shape index (κ1) is 14.8. The molecule has 1 saturated carbocycles. The third kappa shape index (κ3) is 3.87. The van der Waals surface area contributed by atoms with E-state index in [0.29, 0.717) is 18.3 Å². The predicted octanol–water partition coefficient (Wildman–Crippen LogP) is 3.68. The van der Waals surface area contributed by atoms with E-state index in [1.807, 2.05) is 4.90 Å². The monoisotopic (exact) mass is 259 g/mol. The van der Waals surface area contributed by atoms with Crippen molar-refractivity contribution < 1.29 is 4.79 Å². The van der Waals surface area contributed by atoms with Crippen molar-refractivity contribution >= 4 is 17.5 Å². The molecule has 0 N–H and O–H groups in total. The summed E-state index contributed by atoms with van der Waals surface area (Å²) in [6, 6.07) is 0. The minimum Gasteiger partial charge on any atom is -0.341 e. The second-order valence-electron chi connectivity index (χ2n) is 5.80. The molecule has 0 aromatic heterocycles. The van der Waals surface area contributed by atoms with Crippen LogP contribution in [0.2, 0.25) is 0 Å². The van der Waals surface area contributed by atoms with Gasteiger partial charge in [-0.2, -0.15) is 0 Å². The lowest BCUT2D eigenvalue weighted by Crippen LogP contribution is -2.44. The Labute approximate surface area is 111 Å². The van der Waals surface area contributed by atoms with Crippen molar-refractivity contribution in [1.29, 1.82) is 0 Å². The summed E-state index contributed by atoms with van der Waals surface area (Å²) in [6.45, 7) is 8.12. The molecule has 0 radical (unpaired) electrons. The second kappa shape index (κ2) is 6.63. The highest BCUT2D eigenvalue weighted by Gasteiger charge is 2.38. The predicted molar refractivity (Wildman–Crippen MR) is 73.3 cm³/mol. The smallest absolute Gasteiger partial charge is 0.226 e. The van der Waals surface area contributed by atoms with Crippen LogP contribution < -0.4 is 0 Å². The molecule has 0 aliphatic heterocycles. The van der Waals surface area contributed by atoms with Gasteiger partial charge in [-0.3, -0.25) is 4.79 Å². The molecule has 2 nitrogen and oxygen atoms in total. The molecule has 0 spiro atoms. The zero-order chi connectivity index (χ0) is 12.9. The Kier molecular flexibility index (Phi) is 5.78. The van der Waals surface area contributed by atoms with Gasteiger partial charge in [-0.25, -0.2) is 0 Å². The van der Waals surface area contributed by atoms with Gasteiger partial charge >= 0.3 is 0 Å². The van der Waals surface area contributed by atoms with E-state index in [9.17, 15) is 4.79 Å².